The summed E-state index contributed by atoms with van der Waals surface area (Å²) >= 11 is -14.6. The summed E-state index contributed by atoms with van der Waals surface area (Å²) in [5, 5.41) is 0. The van der Waals surface area contributed by atoms with Gasteiger partial charge in [-0.3, -0.25) is 0 Å². The summed E-state index contributed by atoms with van der Waals surface area (Å²) in [4.78, 5) is 0. The van der Waals surface area contributed by atoms with Crippen molar-refractivity contribution >= 4 is 0 Å². The minimum absolute atomic E-state index is 2.84. The Balaban J connectivity index is 5.14. The predicted molar refractivity (Wildman–Crippen MR) is 6.65 cm³/mol. The van der Waals surface area contributed by atoms with Gasteiger partial charge in [-0.15, -0.1) is 0 Å². The molecule has 0 aromatic rings. The third-order valence-electron chi connectivity index (χ3n) is 0. The van der Waals surface area contributed by atoms with Gasteiger partial charge in [0.05, 0.1) is 0 Å². The molecule has 0 spiro atoms. The Morgan fingerprint density at radius 2 is 0.750 bits per heavy atom. The SMILES string of the molecule is [F][U]([F])([F])([F])([F])([F])[U]. The molecule has 0 rings (SSSR count). The second-order valence-corrected chi connectivity index (χ2v) is 59.3. The van der Waals surface area contributed by atoms with Gasteiger partial charge in [0.2, 0.25) is 0 Å². The molecule has 0 aromatic heterocycles. The van der Waals surface area contributed by atoms with E-state index in [1.54, 1.807) is 0 Å². The van der Waals surface area contributed by atoms with Gasteiger partial charge in [0.1, 0.15) is 0 Å². The van der Waals surface area contributed by atoms with Gasteiger partial charge in [-0.05, 0) is 0 Å². The van der Waals surface area contributed by atoms with E-state index in [9.17, 15) is 12.6 Å². The molecule has 0 unspecified atom stereocenters. The average molecular weight is 590 g/mol. The predicted octanol–water partition coefficient (Wildman–Crippen LogP) is 2.52. The van der Waals surface area contributed by atoms with Crippen LogP contribution in [0.3, 0.4) is 0 Å². The molecule has 8 heavy (non-hydrogen) atoms. The van der Waals surface area contributed by atoms with Crippen LogP contribution < -0.4 is 0 Å². The summed E-state index contributed by atoms with van der Waals surface area (Å²) in [6.07, 6.45) is 0. The summed E-state index contributed by atoms with van der Waals surface area (Å²) in [7, 11) is 0. The Kier molecular flexibility index (Phi) is 1.21. The average Bonchev–Trinajstić information content (AvgIpc) is 0.544. The first-order valence-electron chi connectivity index (χ1n) is 1.38. The molecule has 0 nitrogen and oxygen atoms in total. The molecule has 0 saturated heterocycles. The molecule has 0 aliphatic heterocycles. The molecule has 0 bridgehead atoms. The van der Waals surface area contributed by atoms with Crippen LogP contribution in [0.2, 0.25) is 0 Å². The van der Waals surface area contributed by atoms with E-state index in [-0.39, 0.29) is 0 Å². The van der Waals surface area contributed by atoms with Crippen molar-refractivity contribution in [2.45, 2.75) is 0 Å². The number of hydrogen-bond donors (Lipinski definition) is 0. The third kappa shape index (κ3) is 121. The Labute approximate surface area is 50.9 Å². The fraction of sp³-hybridized carbons (Fsp3) is 0. The van der Waals surface area contributed by atoms with Crippen LogP contribution >= 0.6 is 0 Å². The topological polar surface area (TPSA) is 0 Å². The molecule has 0 amide bonds. The Hall–Kier alpha value is 1.68. The van der Waals surface area contributed by atoms with Crippen molar-refractivity contribution in [3.05, 3.63) is 0 Å². The molecule has 0 aliphatic carbocycles. The van der Waals surface area contributed by atoms with Gasteiger partial charge in [0.15, 0.2) is 0 Å². The van der Waals surface area contributed by atoms with Crippen molar-refractivity contribution in [2.75, 3.05) is 0 Å². The van der Waals surface area contributed by atoms with Gasteiger partial charge in [-0.1, -0.05) is 0 Å². The van der Waals surface area contributed by atoms with Gasteiger partial charge in [0.25, 0.3) is 0 Å². The van der Waals surface area contributed by atoms with Crippen molar-refractivity contribution in [1.29, 1.82) is 0 Å². The molecule has 0 N–H and O–H groups in total. The first-order chi connectivity index (χ1) is 2.65. The summed E-state index contributed by atoms with van der Waals surface area (Å²) in [5.41, 5.74) is 0. The van der Waals surface area contributed by atoms with Gasteiger partial charge >= 0.3 is 51.8 Å². The number of halogens is 6. The fourth-order valence-electron chi connectivity index (χ4n) is 0. The molecule has 50 valence electrons. The summed E-state index contributed by atoms with van der Waals surface area (Å²) < 4.78 is 64.2. The zero-order chi connectivity index (χ0) is 7.38. The van der Waals surface area contributed by atoms with Crippen LogP contribution in [0.4, 0.5) is 12.6 Å². The standard InChI is InChI=1S/6FH.2U/h6*1H;;/q;;;;;;;+6/p-6. The van der Waals surface area contributed by atoms with E-state index in [0.29, 0.717) is 0 Å². The van der Waals surface area contributed by atoms with Gasteiger partial charge in [-0.25, -0.2) is 0 Å². The van der Waals surface area contributed by atoms with Crippen LogP contribution in [0.15, 0.2) is 0 Å². The molecule has 8 heteroatoms. The fourth-order valence-corrected chi connectivity index (χ4v) is 0. The van der Waals surface area contributed by atoms with Crippen molar-refractivity contribution in [3.63, 3.8) is 0 Å². The molecule has 0 saturated carbocycles. The molecular weight excluding hydrogens is 590 g/mol. The van der Waals surface area contributed by atoms with E-state index in [1.165, 1.54) is 0 Å². The summed E-state index contributed by atoms with van der Waals surface area (Å²) in [6, 6.07) is 0. The first kappa shape index (κ1) is 9.68. The monoisotopic (exact) mass is 590 g/mol. The van der Waals surface area contributed by atoms with Crippen LogP contribution in [-0.4, -0.2) is 0 Å². The van der Waals surface area contributed by atoms with Crippen molar-refractivity contribution in [2.24, 2.45) is 0 Å². The molecule has 0 heterocycles. The Morgan fingerprint density at radius 1 is 0.750 bits per heavy atom. The maximum atomic E-state index is 10.7. The van der Waals surface area contributed by atoms with E-state index in [2.05, 4.69) is 0 Å². The van der Waals surface area contributed by atoms with Crippen LogP contribution in [0, 0.1) is 39.2 Å². The summed E-state index contributed by atoms with van der Waals surface area (Å²) in [5.74, 6) is 0. The molecule has 0 aromatic carbocycles. The van der Waals surface area contributed by atoms with Gasteiger partial charge in [-0.2, -0.15) is 0 Å². The van der Waals surface area contributed by atoms with Crippen molar-refractivity contribution in [1.82, 2.24) is 0 Å². The number of hydrogen-bond acceptors (Lipinski definition) is 0. The van der Waals surface area contributed by atoms with Gasteiger partial charge in [0, 0.05) is 0 Å². The van der Waals surface area contributed by atoms with E-state index < -0.39 is 39.2 Å². The molecule has 0 aliphatic rings. The maximum absolute atomic E-state index is 11.8. The zero-order valence-electron chi connectivity index (χ0n) is 3.27. The quantitative estimate of drug-likeness (QED) is 0.381. The van der Waals surface area contributed by atoms with Gasteiger partial charge < -0.3 is 0 Å². The van der Waals surface area contributed by atoms with E-state index in [1.807, 2.05) is 0 Å². The van der Waals surface area contributed by atoms with Crippen LogP contribution in [0.1, 0.15) is 0 Å². The first-order valence-corrected chi connectivity index (χ1v) is 32.3. The molecule has 0 radical (unpaired) electrons. The van der Waals surface area contributed by atoms with Crippen LogP contribution in [-0.2, 0) is 0 Å². The van der Waals surface area contributed by atoms with Crippen molar-refractivity contribution < 1.29 is 51.8 Å². The zero-order valence-corrected chi connectivity index (χ0v) is 11.6. The van der Waals surface area contributed by atoms with E-state index in [0.717, 1.165) is 0 Å². The van der Waals surface area contributed by atoms with Crippen molar-refractivity contribution in [3.8, 4) is 0 Å². The van der Waals surface area contributed by atoms with E-state index >= 15 is 0 Å². The molecular formula is F6U2. The molecule has 0 atom stereocenters. The minimum atomic E-state index is -11.8. The third-order valence-corrected chi connectivity index (χ3v) is 0. The second-order valence-electron chi connectivity index (χ2n) is 1.64. The van der Waals surface area contributed by atoms with Crippen LogP contribution in [0.25, 0.3) is 0 Å². The normalized spacial score (nSPS) is 27.2. The Bertz CT molecular complexity index is 98.7. The van der Waals surface area contributed by atoms with E-state index in [4.69, 9.17) is 0 Å². The summed E-state index contributed by atoms with van der Waals surface area (Å²) in [6.45, 7) is 0. The molecule has 0 fully saturated rings. The van der Waals surface area contributed by atoms with Crippen LogP contribution in [0.5, 0.6) is 0 Å². The number of rotatable bonds is 0. The Morgan fingerprint density at radius 3 is 0.750 bits per heavy atom. The second kappa shape index (κ2) is 0.996.